The number of alkyl halides is 3. The minimum Gasteiger partial charge on any atom is -0.405 e. The fraction of sp³-hybridized carbons (Fsp3) is 0.222. The molecular formula is C9H7F3O3. The second kappa shape index (κ2) is 4.31. The van der Waals surface area contributed by atoms with Crippen LogP contribution in [0.25, 0.3) is 0 Å². The fourth-order valence-corrected chi connectivity index (χ4v) is 0.995. The quantitative estimate of drug-likeness (QED) is 0.791. The summed E-state index contributed by atoms with van der Waals surface area (Å²) in [6, 6.07) is 3.42. The highest BCUT2D eigenvalue weighted by atomic mass is 19.4. The smallest absolute Gasteiger partial charge is 0.405 e. The molecule has 15 heavy (non-hydrogen) atoms. The van der Waals surface area contributed by atoms with Crippen LogP contribution < -0.4 is 4.74 Å². The van der Waals surface area contributed by atoms with Crippen LogP contribution in [0.3, 0.4) is 0 Å². The van der Waals surface area contributed by atoms with Gasteiger partial charge in [-0.05, 0) is 6.07 Å². The lowest BCUT2D eigenvalue weighted by Crippen LogP contribution is -2.18. The first-order valence-electron chi connectivity index (χ1n) is 3.91. The van der Waals surface area contributed by atoms with Gasteiger partial charge in [-0.2, -0.15) is 0 Å². The van der Waals surface area contributed by atoms with Crippen LogP contribution in [-0.4, -0.2) is 17.8 Å². The van der Waals surface area contributed by atoms with Crippen LogP contribution in [-0.2, 0) is 6.61 Å². The minimum absolute atomic E-state index is 0.0297. The lowest BCUT2D eigenvalue weighted by Gasteiger charge is -2.12. The lowest BCUT2D eigenvalue weighted by atomic mass is 10.1. The average molecular weight is 220 g/mol. The SMILES string of the molecule is O=Cc1ccc(CO)c(OC(F)(F)F)c1. The van der Waals surface area contributed by atoms with Crippen LogP contribution in [0.5, 0.6) is 5.75 Å². The lowest BCUT2D eigenvalue weighted by molar-refractivity contribution is -0.275. The van der Waals surface area contributed by atoms with E-state index in [-0.39, 0.29) is 11.1 Å². The molecule has 6 heteroatoms. The number of hydrogen-bond donors (Lipinski definition) is 1. The Balaban J connectivity index is 3.06. The van der Waals surface area contributed by atoms with Gasteiger partial charge in [-0.3, -0.25) is 4.79 Å². The standard InChI is InChI=1S/C9H7F3O3/c10-9(11,12)15-8-3-6(4-13)1-2-7(8)5-14/h1-4,14H,5H2. The maximum atomic E-state index is 11.9. The summed E-state index contributed by atoms with van der Waals surface area (Å²) in [4.78, 5) is 10.3. The van der Waals surface area contributed by atoms with Gasteiger partial charge in [0.15, 0.2) is 0 Å². The number of carbonyl (C=O) groups excluding carboxylic acids is 1. The predicted molar refractivity (Wildman–Crippen MR) is 44.4 cm³/mol. The van der Waals surface area contributed by atoms with E-state index in [1.807, 2.05) is 0 Å². The molecule has 82 valence electrons. The molecule has 0 aliphatic heterocycles. The number of benzene rings is 1. The van der Waals surface area contributed by atoms with Crippen molar-refractivity contribution in [3.05, 3.63) is 29.3 Å². The summed E-state index contributed by atoms with van der Waals surface area (Å²) in [7, 11) is 0. The Labute approximate surface area is 83.1 Å². The number of rotatable bonds is 3. The van der Waals surface area contributed by atoms with Gasteiger partial charge in [0, 0.05) is 11.1 Å². The summed E-state index contributed by atoms with van der Waals surface area (Å²) >= 11 is 0. The first kappa shape index (κ1) is 11.5. The summed E-state index contributed by atoms with van der Waals surface area (Å²) in [5, 5.41) is 8.74. The molecule has 0 spiro atoms. The van der Waals surface area contributed by atoms with E-state index >= 15 is 0 Å². The molecule has 1 aromatic rings. The second-order valence-electron chi connectivity index (χ2n) is 2.69. The van der Waals surface area contributed by atoms with Gasteiger partial charge in [0.25, 0.3) is 0 Å². The maximum Gasteiger partial charge on any atom is 0.573 e. The largest absolute Gasteiger partial charge is 0.573 e. The third-order valence-electron chi connectivity index (χ3n) is 1.62. The minimum atomic E-state index is -4.84. The van der Waals surface area contributed by atoms with Crippen molar-refractivity contribution in [1.82, 2.24) is 0 Å². The molecule has 0 bridgehead atoms. The van der Waals surface area contributed by atoms with E-state index in [2.05, 4.69) is 4.74 Å². The van der Waals surface area contributed by atoms with E-state index in [9.17, 15) is 18.0 Å². The van der Waals surface area contributed by atoms with Crippen molar-refractivity contribution in [2.24, 2.45) is 0 Å². The summed E-state index contributed by atoms with van der Waals surface area (Å²) < 4.78 is 39.4. The molecule has 0 saturated carbocycles. The third-order valence-corrected chi connectivity index (χ3v) is 1.62. The van der Waals surface area contributed by atoms with Crippen molar-refractivity contribution in [2.45, 2.75) is 13.0 Å². The zero-order valence-electron chi connectivity index (χ0n) is 7.41. The maximum absolute atomic E-state index is 11.9. The molecule has 0 aliphatic carbocycles. The van der Waals surface area contributed by atoms with Gasteiger partial charge in [0.05, 0.1) is 6.61 Å². The Morgan fingerprint density at radius 2 is 2.07 bits per heavy atom. The molecule has 1 N–H and O–H groups in total. The first-order chi connectivity index (χ1) is 6.96. The van der Waals surface area contributed by atoms with Gasteiger partial charge in [0.2, 0.25) is 0 Å². The monoisotopic (exact) mass is 220 g/mol. The summed E-state index contributed by atoms with van der Waals surface area (Å²) in [6.07, 6.45) is -4.45. The van der Waals surface area contributed by atoms with Crippen molar-refractivity contribution < 1.29 is 27.8 Å². The molecule has 0 heterocycles. The van der Waals surface area contributed by atoms with E-state index in [0.717, 1.165) is 6.07 Å². The highest BCUT2D eigenvalue weighted by molar-refractivity contribution is 5.75. The average Bonchev–Trinajstić information content (AvgIpc) is 2.15. The number of carbonyl (C=O) groups is 1. The predicted octanol–water partition coefficient (Wildman–Crippen LogP) is 1.89. The molecule has 1 aromatic carbocycles. The van der Waals surface area contributed by atoms with E-state index < -0.39 is 18.7 Å². The molecule has 0 fully saturated rings. The Bertz CT molecular complexity index is 360. The fourth-order valence-electron chi connectivity index (χ4n) is 0.995. The van der Waals surface area contributed by atoms with Gasteiger partial charge < -0.3 is 9.84 Å². The van der Waals surface area contributed by atoms with Gasteiger partial charge >= 0.3 is 6.36 Å². The van der Waals surface area contributed by atoms with E-state index in [1.165, 1.54) is 12.1 Å². The summed E-state index contributed by atoms with van der Waals surface area (Å²) in [6.45, 7) is -0.593. The Hall–Kier alpha value is -1.56. The molecule has 0 atom stereocenters. The number of ether oxygens (including phenoxy) is 1. The molecule has 1 rings (SSSR count). The van der Waals surface area contributed by atoms with Crippen LogP contribution in [0.4, 0.5) is 13.2 Å². The molecule has 0 unspecified atom stereocenters. The van der Waals surface area contributed by atoms with Crippen molar-refractivity contribution in [3.8, 4) is 5.75 Å². The zero-order chi connectivity index (χ0) is 11.5. The van der Waals surface area contributed by atoms with Crippen LogP contribution in [0.15, 0.2) is 18.2 Å². The van der Waals surface area contributed by atoms with Gasteiger partial charge in [-0.25, -0.2) is 0 Å². The Kier molecular flexibility index (Phi) is 3.31. The van der Waals surface area contributed by atoms with Crippen molar-refractivity contribution >= 4 is 6.29 Å². The zero-order valence-corrected chi connectivity index (χ0v) is 7.41. The number of halogens is 3. The Morgan fingerprint density at radius 3 is 2.53 bits per heavy atom. The number of aliphatic hydroxyl groups is 1. The van der Waals surface area contributed by atoms with Crippen LogP contribution in [0, 0.1) is 0 Å². The topological polar surface area (TPSA) is 46.5 Å². The van der Waals surface area contributed by atoms with Crippen molar-refractivity contribution in [3.63, 3.8) is 0 Å². The second-order valence-corrected chi connectivity index (χ2v) is 2.69. The number of aliphatic hydroxyl groups excluding tert-OH is 1. The molecular weight excluding hydrogens is 213 g/mol. The molecule has 0 saturated heterocycles. The van der Waals surface area contributed by atoms with Crippen LogP contribution in [0.2, 0.25) is 0 Å². The van der Waals surface area contributed by atoms with Crippen molar-refractivity contribution in [1.29, 1.82) is 0 Å². The Morgan fingerprint density at radius 1 is 1.40 bits per heavy atom. The summed E-state index contributed by atoms with van der Waals surface area (Å²) in [5.41, 5.74) is 0.0179. The molecule has 3 nitrogen and oxygen atoms in total. The van der Waals surface area contributed by atoms with Gasteiger partial charge in [-0.1, -0.05) is 12.1 Å². The number of aldehydes is 1. The highest BCUT2D eigenvalue weighted by Gasteiger charge is 2.32. The third kappa shape index (κ3) is 3.25. The van der Waals surface area contributed by atoms with E-state index in [4.69, 9.17) is 5.11 Å². The molecule has 0 aromatic heterocycles. The van der Waals surface area contributed by atoms with E-state index in [1.54, 1.807) is 0 Å². The van der Waals surface area contributed by atoms with Crippen LogP contribution in [0.1, 0.15) is 15.9 Å². The van der Waals surface area contributed by atoms with E-state index in [0.29, 0.717) is 6.29 Å². The van der Waals surface area contributed by atoms with Crippen LogP contribution >= 0.6 is 0 Å². The van der Waals surface area contributed by atoms with Gasteiger partial charge in [-0.15, -0.1) is 13.2 Å². The first-order valence-corrected chi connectivity index (χ1v) is 3.91. The molecule has 0 aliphatic rings. The normalized spacial score (nSPS) is 11.2. The van der Waals surface area contributed by atoms with Gasteiger partial charge in [0.1, 0.15) is 12.0 Å². The van der Waals surface area contributed by atoms with Crippen molar-refractivity contribution in [2.75, 3.05) is 0 Å². The highest BCUT2D eigenvalue weighted by Crippen LogP contribution is 2.27. The number of hydrogen-bond acceptors (Lipinski definition) is 3. The molecule has 0 radical (unpaired) electrons. The summed E-state index contributed by atoms with van der Waals surface area (Å²) in [5.74, 6) is -0.561. The molecule has 0 amide bonds.